The quantitative estimate of drug-likeness (QED) is 0.545. The van der Waals surface area contributed by atoms with Crippen molar-refractivity contribution >= 4 is 11.8 Å². The lowest BCUT2D eigenvalue weighted by atomic mass is 10.2. The predicted octanol–water partition coefficient (Wildman–Crippen LogP) is 2.05. The Morgan fingerprint density at radius 2 is 2.00 bits per heavy atom. The zero-order chi connectivity index (χ0) is 14.3. The highest BCUT2D eigenvalue weighted by Crippen LogP contribution is 2.29. The van der Waals surface area contributed by atoms with Gasteiger partial charge < -0.3 is 10.6 Å². The topological polar surface area (TPSA) is 58.2 Å². The summed E-state index contributed by atoms with van der Waals surface area (Å²) in [6.07, 6.45) is 9.15. The molecule has 0 unspecified atom stereocenters. The summed E-state index contributed by atoms with van der Waals surface area (Å²) in [6.45, 7) is 5.74. The Morgan fingerprint density at radius 1 is 1.32 bits per heavy atom. The van der Waals surface area contributed by atoms with Crippen LogP contribution in [0, 0.1) is 5.92 Å². The summed E-state index contributed by atoms with van der Waals surface area (Å²) in [5.41, 5.74) is 1.11. The molecule has 19 heavy (non-hydrogen) atoms. The molecule has 0 aromatic carbocycles. The summed E-state index contributed by atoms with van der Waals surface area (Å²) in [6, 6.07) is 0. The van der Waals surface area contributed by atoms with Gasteiger partial charge in [0.25, 0.3) is 0 Å². The van der Waals surface area contributed by atoms with Crippen LogP contribution in [0.1, 0.15) is 32.6 Å². The molecule has 2 N–H and O–H groups in total. The molecule has 0 bridgehead atoms. The smallest absolute Gasteiger partial charge is 0.250 e. The second-order valence-corrected chi connectivity index (χ2v) is 4.65. The summed E-state index contributed by atoms with van der Waals surface area (Å²) >= 11 is 0. The molecule has 0 aromatic heterocycles. The first-order valence-electron chi connectivity index (χ1n) is 6.68. The van der Waals surface area contributed by atoms with Gasteiger partial charge in [0.2, 0.25) is 11.8 Å². The number of amides is 2. The molecule has 4 heteroatoms. The first kappa shape index (κ1) is 15.2. The average Bonchev–Trinajstić information content (AvgIpc) is 3.24. The lowest BCUT2D eigenvalue weighted by Gasteiger charge is -2.05. The van der Waals surface area contributed by atoms with Crippen molar-refractivity contribution in [3.63, 3.8) is 0 Å². The van der Waals surface area contributed by atoms with Crippen molar-refractivity contribution < 1.29 is 9.59 Å². The second kappa shape index (κ2) is 7.56. The van der Waals surface area contributed by atoms with E-state index in [1.54, 1.807) is 19.2 Å². The lowest BCUT2D eigenvalue weighted by Crippen LogP contribution is -2.23. The fourth-order valence-electron chi connectivity index (χ4n) is 1.48. The number of unbranched alkanes of at least 4 members (excludes halogenated alkanes) is 1. The Kier molecular flexibility index (Phi) is 6.06. The summed E-state index contributed by atoms with van der Waals surface area (Å²) in [4.78, 5) is 23.0. The molecule has 1 fully saturated rings. The van der Waals surface area contributed by atoms with Crippen molar-refractivity contribution in [2.45, 2.75) is 32.6 Å². The van der Waals surface area contributed by atoms with E-state index in [1.165, 1.54) is 0 Å². The van der Waals surface area contributed by atoms with Crippen LogP contribution in [0.2, 0.25) is 0 Å². The Bertz CT molecular complexity index is 418. The molecule has 104 valence electrons. The second-order valence-electron chi connectivity index (χ2n) is 4.65. The van der Waals surface area contributed by atoms with Crippen LogP contribution in [-0.4, -0.2) is 18.9 Å². The van der Waals surface area contributed by atoms with Gasteiger partial charge in [0.05, 0.1) is 0 Å². The average molecular weight is 262 g/mol. The van der Waals surface area contributed by atoms with E-state index in [1.807, 2.05) is 6.08 Å². The molecule has 1 aliphatic carbocycles. The molecule has 0 saturated heterocycles. The molecular weight excluding hydrogens is 240 g/mol. The van der Waals surface area contributed by atoms with Crippen molar-refractivity contribution in [3.8, 4) is 0 Å². The first-order chi connectivity index (χ1) is 9.08. The molecule has 0 spiro atoms. The number of likely N-dealkylation sites (N-methyl/N-ethyl adjacent to an activating group) is 1. The largest absolute Gasteiger partial charge is 0.355 e. The summed E-state index contributed by atoms with van der Waals surface area (Å²) in [7, 11) is 1.56. The van der Waals surface area contributed by atoms with Crippen LogP contribution >= 0.6 is 0 Å². The van der Waals surface area contributed by atoms with Crippen LogP contribution in [-0.2, 0) is 9.59 Å². The number of rotatable bonds is 7. The number of hydrogen-bond acceptors (Lipinski definition) is 2. The van der Waals surface area contributed by atoms with Gasteiger partial charge in [0.15, 0.2) is 0 Å². The van der Waals surface area contributed by atoms with Gasteiger partial charge in [-0.25, -0.2) is 0 Å². The highest BCUT2D eigenvalue weighted by atomic mass is 16.2. The predicted molar refractivity (Wildman–Crippen MR) is 76.2 cm³/mol. The lowest BCUT2D eigenvalue weighted by molar-refractivity contribution is -0.121. The van der Waals surface area contributed by atoms with Crippen molar-refractivity contribution in [1.82, 2.24) is 10.6 Å². The minimum atomic E-state index is -0.223. The van der Waals surface area contributed by atoms with Crippen molar-refractivity contribution in [2.24, 2.45) is 5.92 Å². The monoisotopic (exact) mass is 262 g/mol. The molecule has 4 nitrogen and oxygen atoms in total. The Morgan fingerprint density at radius 3 is 2.53 bits per heavy atom. The van der Waals surface area contributed by atoms with E-state index in [2.05, 4.69) is 24.1 Å². The maximum Gasteiger partial charge on any atom is 0.250 e. The SMILES string of the molecule is C=C(/C=C\C(=C\CCC)NC(=O)C1CC1)C(=O)NC. The highest BCUT2D eigenvalue weighted by Gasteiger charge is 2.29. The molecule has 0 radical (unpaired) electrons. The van der Waals surface area contributed by atoms with Crippen LogP contribution < -0.4 is 10.6 Å². The highest BCUT2D eigenvalue weighted by molar-refractivity contribution is 5.95. The van der Waals surface area contributed by atoms with Gasteiger partial charge in [-0.15, -0.1) is 0 Å². The van der Waals surface area contributed by atoms with Crippen LogP contribution in [0.5, 0.6) is 0 Å². The summed E-state index contributed by atoms with van der Waals surface area (Å²) in [5, 5.41) is 5.39. The molecule has 1 rings (SSSR count). The fourth-order valence-corrected chi connectivity index (χ4v) is 1.48. The standard InChI is InChI=1S/C15H22N2O2/c1-4-5-6-13(17-15(19)12-8-9-12)10-7-11(2)14(18)16-3/h6-7,10,12H,2,4-5,8-9H2,1,3H3,(H,16,18)(H,17,19)/b10-7-,13-6-. The molecule has 0 heterocycles. The molecule has 1 aliphatic rings. The van der Waals surface area contributed by atoms with Gasteiger partial charge >= 0.3 is 0 Å². The van der Waals surface area contributed by atoms with Gasteiger partial charge in [-0.1, -0.05) is 26.0 Å². The minimum Gasteiger partial charge on any atom is -0.355 e. The van der Waals surface area contributed by atoms with Crippen LogP contribution in [0.15, 0.2) is 36.1 Å². The Hall–Kier alpha value is -1.84. The molecule has 0 aromatic rings. The molecule has 0 aliphatic heterocycles. The van der Waals surface area contributed by atoms with Crippen LogP contribution in [0.4, 0.5) is 0 Å². The van der Waals surface area contributed by atoms with Gasteiger partial charge in [0, 0.05) is 24.2 Å². The summed E-state index contributed by atoms with van der Waals surface area (Å²) in [5.74, 6) is 0.0118. The third-order valence-electron chi connectivity index (χ3n) is 2.85. The molecule has 2 amide bonds. The number of hydrogen-bond donors (Lipinski definition) is 2. The normalized spacial score (nSPS) is 15.4. The van der Waals surface area contributed by atoms with Gasteiger partial charge in [-0.3, -0.25) is 9.59 Å². The molecule has 0 atom stereocenters. The minimum absolute atomic E-state index is 0.0672. The molecular formula is C15H22N2O2. The van der Waals surface area contributed by atoms with Gasteiger partial charge in [-0.2, -0.15) is 0 Å². The zero-order valence-corrected chi connectivity index (χ0v) is 11.7. The molecule has 1 saturated carbocycles. The van der Waals surface area contributed by atoms with Gasteiger partial charge in [0.1, 0.15) is 0 Å². The third kappa shape index (κ3) is 5.55. The Labute approximate surface area is 114 Å². The van der Waals surface area contributed by atoms with E-state index in [9.17, 15) is 9.59 Å². The number of allylic oxidation sites excluding steroid dienone is 2. The Balaban J connectivity index is 2.63. The van der Waals surface area contributed by atoms with Crippen molar-refractivity contribution in [2.75, 3.05) is 7.05 Å². The van der Waals surface area contributed by atoms with Crippen LogP contribution in [0.25, 0.3) is 0 Å². The summed E-state index contributed by atoms with van der Waals surface area (Å²) < 4.78 is 0. The van der Waals surface area contributed by atoms with Crippen LogP contribution in [0.3, 0.4) is 0 Å². The van der Waals surface area contributed by atoms with Crippen molar-refractivity contribution in [3.05, 3.63) is 36.1 Å². The van der Waals surface area contributed by atoms with E-state index in [-0.39, 0.29) is 17.7 Å². The van der Waals surface area contributed by atoms with E-state index in [0.29, 0.717) is 5.57 Å². The fraction of sp³-hybridized carbons (Fsp3) is 0.467. The van der Waals surface area contributed by atoms with E-state index >= 15 is 0 Å². The first-order valence-corrected chi connectivity index (χ1v) is 6.68. The third-order valence-corrected chi connectivity index (χ3v) is 2.85. The number of carbonyl (C=O) groups is 2. The van der Waals surface area contributed by atoms with Gasteiger partial charge in [-0.05, 0) is 31.4 Å². The number of carbonyl (C=O) groups excluding carboxylic acids is 2. The van der Waals surface area contributed by atoms with Crippen molar-refractivity contribution in [1.29, 1.82) is 0 Å². The maximum absolute atomic E-state index is 11.7. The van der Waals surface area contributed by atoms with E-state index < -0.39 is 0 Å². The number of nitrogens with one attached hydrogen (secondary N) is 2. The van der Waals surface area contributed by atoms with E-state index in [0.717, 1.165) is 31.4 Å². The zero-order valence-electron chi connectivity index (χ0n) is 11.7. The van der Waals surface area contributed by atoms with E-state index in [4.69, 9.17) is 0 Å². The maximum atomic E-state index is 11.7.